The lowest BCUT2D eigenvalue weighted by Crippen LogP contribution is -2.38. The van der Waals surface area contributed by atoms with Crippen molar-refractivity contribution in [2.45, 2.75) is 13.0 Å². The molecule has 2 rings (SSSR count). The minimum Gasteiger partial charge on any atom is -0.391 e. The average molecular weight is 322 g/mol. The van der Waals surface area contributed by atoms with Gasteiger partial charge in [0.1, 0.15) is 0 Å². The Morgan fingerprint density at radius 2 is 1.16 bits per heavy atom. The van der Waals surface area contributed by atoms with Gasteiger partial charge in [0.05, 0.1) is 0 Å². The van der Waals surface area contributed by atoms with Crippen molar-refractivity contribution in [2.75, 3.05) is 35.2 Å². The molecule has 0 spiro atoms. The van der Waals surface area contributed by atoms with Crippen molar-refractivity contribution >= 4 is 28.6 Å². The van der Waals surface area contributed by atoms with Crippen molar-refractivity contribution < 1.29 is 0 Å². The minimum absolute atomic E-state index is 0.693. The Bertz CT molecular complexity index is 279. The third-order valence-corrected chi connectivity index (χ3v) is 9.54. The molecule has 5 nitrogen and oxygen atoms in total. The molecule has 0 bridgehead atoms. The fraction of sp³-hybridized carbons (Fsp3) is 0.636. The van der Waals surface area contributed by atoms with Crippen LogP contribution in [0.3, 0.4) is 0 Å². The molecule has 2 N–H and O–H groups in total. The topological polar surface area (TPSA) is 39.0 Å². The Morgan fingerprint density at radius 1 is 0.842 bits per heavy atom. The van der Waals surface area contributed by atoms with Crippen LogP contribution in [0.15, 0.2) is 24.8 Å². The predicted octanol–water partition coefficient (Wildman–Crippen LogP) is 0.441. The van der Waals surface area contributed by atoms with Gasteiger partial charge < -0.3 is 24.0 Å². The van der Waals surface area contributed by atoms with Crippen LogP contribution in [0.4, 0.5) is 0 Å². The van der Waals surface area contributed by atoms with E-state index < -0.39 is 17.5 Å². The van der Waals surface area contributed by atoms with E-state index in [9.17, 15) is 0 Å². The molecule has 2 aliphatic rings. The highest BCUT2D eigenvalue weighted by Crippen LogP contribution is 2.10. The number of rotatable bonds is 1. The molecule has 2 aliphatic heterocycles. The maximum atomic E-state index is 5.94. The van der Waals surface area contributed by atoms with Crippen LogP contribution in [0.5, 0.6) is 0 Å². The predicted molar refractivity (Wildman–Crippen MR) is 90.1 cm³/mol. The quantitative estimate of drug-likeness (QED) is 0.560. The van der Waals surface area contributed by atoms with E-state index in [1.54, 1.807) is 0 Å². The van der Waals surface area contributed by atoms with Gasteiger partial charge in [-0.3, -0.25) is 0 Å². The monoisotopic (exact) mass is 321 g/mol. The van der Waals surface area contributed by atoms with Gasteiger partial charge in [-0.2, -0.15) is 0 Å². The summed E-state index contributed by atoms with van der Waals surface area (Å²) in [7, 11) is 7.94. The molecule has 0 radical (unpaired) electrons. The van der Waals surface area contributed by atoms with Crippen LogP contribution in [-0.4, -0.2) is 71.0 Å². The van der Waals surface area contributed by atoms with Crippen LogP contribution < -0.4 is 5.73 Å². The van der Waals surface area contributed by atoms with Crippen molar-refractivity contribution in [3.05, 3.63) is 24.8 Å². The second-order valence-electron chi connectivity index (χ2n) is 4.46. The maximum absolute atomic E-state index is 5.94. The van der Waals surface area contributed by atoms with Gasteiger partial charge in [0, 0.05) is 24.8 Å². The zero-order valence-corrected chi connectivity index (χ0v) is 16.0. The third-order valence-electron chi connectivity index (χ3n) is 3.05. The largest absolute Gasteiger partial charge is 0.391 e. The smallest absolute Gasteiger partial charge is 0.348 e. The molecule has 0 saturated heterocycles. The Hall–Kier alpha value is -0.636. The van der Waals surface area contributed by atoms with E-state index >= 15 is 0 Å². The highest BCUT2D eigenvalue weighted by molar-refractivity contribution is 7.04. The summed E-state index contributed by atoms with van der Waals surface area (Å²) < 4.78 is 8.86. The minimum atomic E-state index is -1.21. The molecule has 0 atom stereocenters. The number of hydrogen-bond donors (Lipinski definition) is 1. The van der Waals surface area contributed by atoms with Crippen LogP contribution in [0.1, 0.15) is 6.92 Å². The number of nitrogens with two attached hydrogens (primary N) is 1. The molecular weight excluding hydrogens is 294 g/mol. The standard InChI is InChI=1S/C6H14N2Si.C4H9ClN2Si.CH5N/c1-4-9-7(2)5-6-8(9)3;1-6-3-4-7(2)8(6)5;1-2/h5-6,9H,4H2,1-3H3;3-4,8H,1-2H3;2H2,1H3. The molecule has 8 heteroatoms. The van der Waals surface area contributed by atoms with Crippen molar-refractivity contribution in [3.63, 3.8) is 0 Å². The molecule has 0 aromatic heterocycles. The summed E-state index contributed by atoms with van der Waals surface area (Å²) in [6, 6.07) is 1.32. The zero-order chi connectivity index (χ0) is 15.0. The van der Waals surface area contributed by atoms with E-state index in [0.29, 0.717) is 0 Å². The van der Waals surface area contributed by atoms with Gasteiger partial charge >= 0.3 is 8.43 Å². The molecule has 2 heterocycles. The first-order valence-electron chi connectivity index (χ1n) is 6.43. The van der Waals surface area contributed by atoms with E-state index in [2.05, 4.69) is 57.4 Å². The van der Waals surface area contributed by atoms with Crippen LogP contribution >= 0.6 is 11.1 Å². The summed E-state index contributed by atoms with van der Waals surface area (Å²) in [5.41, 5.74) is 4.50. The number of halogens is 1. The first kappa shape index (κ1) is 18.4. The van der Waals surface area contributed by atoms with E-state index in [4.69, 9.17) is 11.1 Å². The van der Waals surface area contributed by atoms with Crippen LogP contribution in [0.2, 0.25) is 6.04 Å². The van der Waals surface area contributed by atoms with E-state index in [0.717, 1.165) is 0 Å². The lowest BCUT2D eigenvalue weighted by Gasteiger charge is -2.23. The van der Waals surface area contributed by atoms with E-state index in [1.165, 1.54) is 13.1 Å². The van der Waals surface area contributed by atoms with Gasteiger partial charge in [0.2, 0.25) is 9.12 Å². The molecular formula is C11H28ClN5Si2. The maximum Gasteiger partial charge on any atom is 0.348 e. The third kappa shape index (κ3) is 5.47. The summed E-state index contributed by atoms with van der Waals surface area (Å²) in [6.45, 7) is 2.26. The summed E-state index contributed by atoms with van der Waals surface area (Å²) in [5, 5.41) is 0. The highest BCUT2D eigenvalue weighted by atomic mass is 35.6. The van der Waals surface area contributed by atoms with Crippen molar-refractivity contribution in [2.24, 2.45) is 5.73 Å². The van der Waals surface area contributed by atoms with E-state index in [1.807, 2.05) is 26.5 Å². The van der Waals surface area contributed by atoms with Crippen molar-refractivity contribution in [1.82, 2.24) is 18.3 Å². The van der Waals surface area contributed by atoms with Gasteiger partial charge in [-0.1, -0.05) is 6.92 Å². The first-order chi connectivity index (χ1) is 8.97. The highest BCUT2D eigenvalue weighted by Gasteiger charge is 2.20. The van der Waals surface area contributed by atoms with Crippen molar-refractivity contribution in [3.8, 4) is 0 Å². The number of hydrogen-bond acceptors (Lipinski definition) is 5. The van der Waals surface area contributed by atoms with E-state index in [-0.39, 0.29) is 0 Å². The first-order valence-corrected chi connectivity index (χ1v) is 11.1. The van der Waals surface area contributed by atoms with Crippen LogP contribution in [0, 0.1) is 0 Å². The number of nitrogens with zero attached hydrogens (tertiary/aromatic N) is 4. The second-order valence-corrected chi connectivity index (χ2v) is 11.3. The van der Waals surface area contributed by atoms with Gasteiger partial charge in [0.15, 0.2) is 0 Å². The van der Waals surface area contributed by atoms with Gasteiger partial charge in [0.25, 0.3) is 0 Å². The fourth-order valence-electron chi connectivity index (χ4n) is 1.91. The molecule has 0 aromatic carbocycles. The summed E-state index contributed by atoms with van der Waals surface area (Å²) in [5.74, 6) is 0. The summed E-state index contributed by atoms with van der Waals surface area (Å²) >= 11 is 5.94. The summed E-state index contributed by atoms with van der Waals surface area (Å²) in [4.78, 5) is 0. The van der Waals surface area contributed by atoms with Crippen LogP contribution in [-0.2, 0) is 0 Å². The lowest BCUT2D eigenvalue weighted by molar-refractivity contribution is 0.639. The molecule has 19 heavy (non-hydrogen) atoms. The van der Waals surface area contributed by atoms with Gasteiger partial charge in [-0.05, 0) is 41.3 Å². The second kappa shape index (κ2) is 9.30. The molecule has 0 aliphatic carbocycles. The average Bonchev–Trinajstić information content (AvgIpc) is 2.90. The lowest BCUT2D eigenvalue weighted by atomic mass is 10.9. The normalized spacial score (nSPS) is 18.5. The molecule has 112 valence electrons. The SMILES string of the molecule is CC[SiH]1N(C)C=CN1C.CN.CN1C=CN(C)[SiH]1Cl. The van der Waals surface area contributed by atoms with Gasteiger partial charge in [-0.25, -0.2) is 0 Å². The van der Waals surface area contributed by atoms with Crippen molar-refractivity contribution in [1.29, 1.82) is 0 Å². The zero-order valence-electron chi connectivity index (χ0n) is 12.9. The molecule has 0 fully saturated rings. The summed E-state index contributed by atoms with van der Waals surface area (Å²) in [6.07, 6.45) is 8.34. The molecule has 0 aromatic rings. The Kier molecular flexibility index (Phi) is 8.99. The Morgan fingerprint density at radius 3 is 1.32 bits per heavy atom. The van der Waals surface area contributed by atoms with Crippen LogP contribution in [0.25, 0.3) is 0 Å². The fourth-order valence-corrected chi connectivity index (χ4v) is 5.59. The molecule has 0 unspecified atom stereocenters. The Balaban J connectivity index is 0.000000303. The Labute approximate surface area is 126 Å². The van der Waals surface area contributed by atoms with Gasteiger partial charge in [-0.15, -0.1) is 11.1 Å². The molecule has 0 saturated carbocycles. The molecule has 0 amide bonds.